The first-order valence-electron chi connectivity index (χ1n) is 8.46. The number of hydrogen-bond acceptors (Lipinski definition) is 3. The molecule has 1 aromatic heterocycles. The number of likely N-dealkylation sites (tertiary alicyclic amines) is 1. The number of nitrogens with one attached hydrogen (secondary N) is 1. The van der Waals surface area contributed by atoms with Crippen LogP contribution in [0, 0.1) is 11.8 Å². The van der Waals surface area contributed by atoms with Crippen LogP contribution in [0.4, 0.5) is 0 Å². The van der Waals surface area contributed by atoms with Gasteiger partial charge in [-0.3, -0.25) is 9.88 Å². The van der Waals surface area contributed by atoms with E-state index in [0.717, 1.165) is 31.2 Å². The van der Waals surface area contributed by atoms with Gasteiger partial charge in [-0.1, -0.05) is 26.8 Å². The van der Waals surface area contributed by atoms with Gasteiger partial charge in [0.25, 0.3) is 0 Å². The number of nitrogens with zero attached hydrogens (tertiary/aromatic N) is 2. The lowest BCUT2D eigenvalue weighted by Gasteiger charge is -2.37. The molecule has 0 bridgehead atoms. The van der Waals surface area contributed by atoms with Gasteiger partial charge in [0.15, 0.2) is 0 Å². The van der Waals surface area contributed by atoms with Crippen molar-refractivity contribution in [3.05, 3.63) is 29.6 Å². The highest BCUT2D eigenvalue weighted by Gasteiger charge is 2.24. The zero-order valence-electron chi connectivity index (χ0n) is 14.1. The number of rotatable bonds is 6. The van der Waals surface area contributed by atoms with E-state index in [1.165, 1.54) is 25.1 Å². The number of aromatic nitrogens is 1. The van der Waals surface area contributed by atoms with E-state index in [4.69, 9.17) is 4.98 Å². The fraction of sp³-hybridized carbons (Fsp3) is 0.722. The molecular weight excluding hydrogens is 258 g/mol. The molecule has 0 aromatic carbocycles. The Morgan fingerprint density at radius 2 is 2.05 bits per heavy atom. The monoisotopic (exact) mass is 289 g/mol. The molecule has 1 saturated heterocycles. The maximum Gasteiger partial charge on any atom is 0.0547 e. The molecule has 3 heteroatoms. The summed E-state index contributed by atoms with van der Waals surface area (Å²) in [5, 5.41) is 3.47. The molecule has 1 aliphatic heterocycles. The molecule has 1 N–H and O–H groups in total. The van der Waals surface area contributed by atoms with Crippen LogP contribution in [-0.4, -0.2) is 29.0 Å². The fourth-order valence-corrected chi connectivity index (χ4v) is 3.06. The molecule has 21 heavy (non-hydrogen) atoms. The van der Waals surface area contributed by atoms with Gasteiger partial charge >= 0.3 is 0 Å². The van der Waals surface area contributed by atoms with Crippen LogP contribution < -0.4 is 5.32 Å². The average molecular weight is 289 g/mol. The predicted octanol–water partition coefficient (Wildman–Crippen LogP) is 3.45. The largest absolute Gasteiger partial charge is 0.311 e. The zero-order valence-corrected chi connectivity index (χ0v) is 14.1. The first kappa shape index (κ1) is 16.4. The Kier molecular flexibility index (Phi) is 6.19. The van der Waals surface area contributed by atoms with Crippen LogP contribution in [0.1, 0.15) is 51.9 Å². The van der Waals surface area contributed by atoms with E-state index in [2.05, 4.69) is 56.1 Å². The minimum atomic E-state index is 0.670. The molecule has 0 saturated carbocycles. The summed E-state index contributed by atoms with van der Waals surface area (Å²) in [4.78, 5) is 7.40. The third kappa shape index (κ3) is 5.08. The van der Waals surface area contributed by atoms with Gasteiger partial charge in [0.1, 0.15) is 0 Å². The van der Waals surface area contributed by atoms with Crippen molar-refractivity contribution in [2.75, 3.05) is 13.1 Å². The van der Waals surface area contributed by atoms with Gasteiger partial charge in [-0.2, -0.15) is 0 Å². The van der Waals surface area contributed by atoms with Gasteiger partial charge in [-0.05, 0) is 56.8 Å². The van der Waals surface area contributed by atoms with Gasteiger partial charge in [0.05, 0.1) is 11.4 Å². The third-order valence-electron chi connectivity index (χ3n) is 4.59. The smallest absolute Gasteiger partial charge is 0.0547 e. The van der Waals surface area contributed by atoms with Crippen molar-refractivity contribution in [1.29, 1.82) is 0 Å². The summed E-state index contributed by atoms with van der Waals surface area (Å²) in [5.74, 6) is 1.48. The molecule has 0 radical (unpaired) electrons. The van der Waals surface area contributed by atoms with Crippen LogP contribution in [0.5, 0.6) is 0 Å². The second-order valence-corrected chi connectivity index (χ2v) is 6.98. The Labute approximate surface area is 130 Å². The molecule has 118 valence electrons. The van der Waals surface area contributed by atoms with Crippen molar-refractivity contribution in [3.63, 3.8) is 0 Å². The van der Waals surface area contributed by atoms with Crippen molar-refractivity contribution in [3.8, 4) is 0 Å². The maximum absolute atomic E-state index is 4.82. The molecule has 2 atom stereocenters. The molecule has 0 aliphatic carbocycles. The Hall–Kier alpha value is -0.930. The van der Waals surface area contributed by atoms with E-state index in [-0.39, 0.29) is 0 Å². The van der Waals surface area contributed by atoms with Crippen LogP contribution in [-0.2, 0) is 13.1 Å². The van der Waals surface area contributed by atoms with E-state index < -0.39 is 0 Å². The van der Waals surface area contributed by atoms with Crippen molar-refractivity contribution in [2.24, 2.45) is 11.8 Å². The molecule has 1 aliphatic rings. The van der Waals surface area contributed by atoms with E-state index in [1.54, 1.807) is 0 Å². The van der Waals surface area contributed by atoms with Gasteiger partial charge in [-0.25, -0.2) is 0 Å². The fourth-order valence-electron chi connectivity index (χ4n) is 3.06. The lowest BCUT2D eigenvalue weighted by Crippen LogP contribution is -2.41. The second-order valence-electron chi connectivity index (χ2n) is 6.98. The molecule has 2 heterocycles. The molecule has 2 unspecified atom stereocenters. The van der Waals surface area contributed by atoms with Gasteiger partial charge in [0.2, 0.25) is 0 Å². The summed E-state index contributed by atoms with van der Waals surface area (Å²) in [5.41, 5.74) is 2.37. The van der Waals surface area contributed by atoms with Crippen LogP contribution in [0.25, 0.3) is 0 Å². The van der Waals surface area contributed by atoms with Crippen molar-refractivity contribution >= 4 is 0 Å². The van der Waals surface area contributed by atoms with Crippen LogP contribution >= 0.6 is 0 Å². The Bertz CT molecular complexity index is 430. The van der Waals surface area contributed by atoms with Crippen LogP contribution in [0.3, 0.4) is 0 Å². The zero-order chi connectivity index (χ0) is 15.2. The summed E-state index contributed by atoms with van der Waals surface area (Å²) < 4.78 is 0. The number of piperidine rings is 1. The number of hydrogen-bond donors (Lipinski definition) is 1. The van der Waals surface area contributed by atoms with Gasteiger partial charge in [0, 0.05) is 19.1 Å². The molecule has 1 aromatic rings. The first-order valence-corrected chi connectivity index (χ1v) is 8.46. The third-order valence-corrected chi connectivity index (χ3v) is 4.59. The maximum atomic E-state index is 4.82. The van der Waals surface area contributed by atoms with E-state index in [1.807, 2.05) is 0 Å². The molecule has 3 nitrogen and oxygen atoms in total. The molecule has 1 fully saturated rings. The summed E-state index contributed by atoms with van der Waals surface area (Å²) in [6.07, 6.45) is 2.69. The van der Waals surface area contributed by atoms with Gasteiger partial charge in [-0.15, -0.1) is 0 Å². The molecule has 2 rings (SSSR count). The van der Waals surface area contributed by atoms with Crippen molar-refractivity contribution in [2.45, 2.75) is 59.7 Å². The Balaban J connectivity index is 1.91. The summed E-state index contributed by atoms with van der Waals surface area (Å²) in [7, 11) is 0. The highest BCUT2D eigenvalue weighted by Crippen LogP contribution is 2.24. The predicted molar refractivity (Wildman–Crippen MR) is 89.1 cm³/mol. The minimum Gasteiger partial charge on any atom is -0.311 e. The summed E-state index contributed by atoms with van der Waals surface area (Å²) in [6, 6.07) is 7.10. The Morgan fingerprint density at radius 3 is 2.81 bits per heavy atom. The van der Waals surface area contributed by atoms with Gasteiger partial charge < -0.3 is 5.32 Å². The van der Waals surface area contributed by atoms with Crippen molar-refractivity contribution in [1.82, 2.24) is 15.2 Å². The lowest BCUT2D eigenvalue weighted by atomic mass is 9.92. The summed E-state index contributed by atoms with van der Waals surface area (Å²) in [6.45, 7) is 13.3. The minimum absolute atomic E-state index is 0.670. The topological polar surface area (TPSA) is 28.2 Å². The highest BCUT2D eigenvalue weighted by molar-refractivity contribution is 5.11. The van der Waals surface area contributed by atoms with Crippen molar-refractivity contribution < 1.29 is 0 Å². The van der Waals surface area contributed by atoms with E-state index in [9.17, 15) is 0 Å². The quantitative estimate of drug-likeness (QED) is 0.869. The molecule has 0 amide bonds. The van der Waals surface area contributed by atoms with Crippen LogP contribution in [0.15, 0.2) is 18.2 Å². The lowest BCUT2D eigenvalue weighted by molar-refractivity contribution is 0.105. The SMILES string of the molecule is CC(C)CNCc1cccc(CN2CCCC(C)C2C)n1. The normalized spacial score (nSPS) is 23.7. The highest BCUT2D eigenvalue weighted by atomic mass is 15.2. The average Bonchev–Trinajstić information content (AvgIpc) is 2.44. The Morgan fingerprint density at radius 1 is 1.29 bits per heavy atom. The number of pyridine rings is 1. The summed E-state index contributed by atoms with van der Waals surface area (Å²) >= 11 is 0. The molecular formula is C18H31N3. The standard InChI is InChI=1S/C18H31N3/c1-14(2)11-19-12-17-8-5-9-18(20-17)13-21-10-6-7-15(3)16(21)4/h5,8-9,14-16,19H,6-7,10-13H2,1-4H3. The van der Waals surface area contributed by atoms with E-state index in [0.29, 0.717) is 12.0 Å². The van der Waals surface area contributed by atoms with Crippen LogP contribution in [0.2, 0.25) is 0 Å². The second kappa shape index (κ2) is 7.90. The first-order chi connectivity index (χ1) is 10.1. The molecule has 0 spiro atoms. The van der Waals surface area contributed by atoms with E-state index >= 15 is 0 Å².